The van der Waals surface area contributed by atoms with Crippen LogP contribution >= 0.6 is 0 Å². The van der Waals surface area contributed by atoms with Crippen LogP contribution in [0.1, 0.15) is 32.3 Å². The molecule has 0 amide bonds. The van der Waals surface area contributed by atoms with Gasteiger partial charge in [-0.1, -0.05) is 26.0 Å². The molecule has 1 atom stereocenters. The summed E-state index contributed by atoms with van der Waals surface area (Å²) < 4.78 is 10.8. The Bertz CT molecular complexity index is 818. The fourth-order valence-electron chi connectivity index (χ4n) is 4.35. The average Bonchev–Trinajstić information content (AvgIpc) is 3.51. The molecule has 2 aliphatic carbocycles. The Morgan fingerprint density at radius 2 is 1.85 bits per heavy atom. The van der Waals surface area contributed by atoms with Gasteiger partial charge in [-0.2, -0.15) is 0 Å². The number of methoxy groups -OCH3 is 1. The maximum atomic E-state index is 12.4. The molecule has 1 spiro atoms. The lowest BCUT2D eigenvalue weighted by Crippen LogP contribution is -2.10. The Labute approximate surface area is 154 Å². The van der Waals surface area contributed by atoms with Gasteiger partial charge in [0.05, 0.1) is 13.0 Å². The Morgan fingerprint density at radius 1 is 1.12 bits per heavy atom. The van der Waals surface area contributed by atoms with Gasteiger partial charge in [0, 0.05) is 11.4 Å². The van der Waals surface area contributed by atoms with Crippen molar-refractivity contribution in [2.24, 2.45) is 16.7 Å². The molecule has 4 nitrogen and oxygen atoms in total. The fourth-order valence-corrected chi connectivity index (χ4v) is 4.35. The molecule has 2 aromatic rings. The van der Waals surface area contributed by atoms with Crippen LogP contribution in [0.2, 0.25) is 0 Å². The van der Waals surface area contributed by atoms with Crippen molar-refractivity contribution in [1.29, 1.82) is 0 Å². The largest absolute Gasteiger partial charge is 0.497 e. The summed E-state index contributed by atoms with van der Waals surface area (Å²) in [7, 11) is 1.65. The van der Waals surface area contributed by atoms with Gasteiger partial charge in [0.25, 0.3) is 0 Å². The highest BCUT2D eigenvalue weighted by atomic mass is 16.5. The summed E-state index contributed by atoms with van der Waals surface area (Å²) in [5.74, 6) is 0.865. The quantitative estimate of drug-likeness (QED) is 0.751. The number of hydrogen-bond donors (Lipinski definition) is 1. The van der Waals surface area contributed by atoms with Crippen LogP contribution < -0.4 is 10.1 Å². The second-order valence-corrected chi connectivity index (χ2v) is 7.97. The number of carbonyl (C=O) groups excluding carboxylic acids is 1. The van der Waals surface area contributed by atoms with Gasteiger partial charge in [0.15, 0.2) is 0 Å². The molecule has 0 bridgehead atoms. The number of nitrogens with one attached hydrogen (secondary N) is 1. The lowest BCUT2D eigenvalue weighted by Gasteiger charge is -2.10. The summed E-state index contributed by atoms with van der Waals surface area (Å²) in [5.41, 5.74) is 3.30. The maximum absolute atomic E-state index is 12.4. The van der Waals surface area contributed by atoms with Crippen molar-refractivity contribution in [2.45, 2.75) is 33.3 Å². The molecular formula is C22H25NO3. The van der Waals surface area contributed by atoms with E-state index in [0.717, 1.165) is 22.7 Å². The zero-order valence-electron chi connectivity index (χ0n) is 15.5. The number of esters is 1. The van der Waals surface area contributed by atoms with E-state index in [2.05, 4.69) is 19.2 Å². The molecule has 1 N–H and O–H groups in total. The van der Waals surface area contributed by atoms with E-state index in [9.17, 15) is 4.79 Å². The van der Waals surface area contributed by atoms with E-state index < -0.39 is 0 Å². The van der Waals surface area contributed by atoms with E-state index >= 15 is 0 Å². The third-order valence-electron chi connectivity index (χ3n) is 6.19. The van der Waals surface area contributed by atoms with Crippen LogP contribution in [0, 0.1) is 16.7 Å². The molecule has 0 saturated heterocycles. The Balaban J connectivity index is 1.36. The van der Waals surface area contributed by atoms with Crippen molar-refractivity contribution in [2.75, 3.05) is 12.4 Å². The zero-order valence-corrected chi connectivity index (χ0v) is 15.5. The zero-order chi connectivity index (χ0) is 18.4. The highest BCUT2D eigenvalue weighted by Crippen LogP contribution is 2.82. The first-order valence-electron chi connectivity index (χ1n) is 9.13. The molecule has 2 aromatic carbocycles. The second kappa shape index (κ2) is 6.04. The molecule has 4 heteroatoms. The minimum absolute atomic E-state index is 0.0407. The van der Waals surface area contributed by atoms with Crippen LogP contribution in [-0.2, 0) is 16.1 Å². The standard InChI is InChI=1S/C22H25NO3/c1-21(2)19(22(21)11-12-22)20(24)26-14-15-5-4-6-17(13-15)23-16-7-9-18(25-3)10-8-16/h4-10,13,19,23H,11-12,14H2,1-3H3. The highest BCUT2D eigenvalue weighted by Gasteiger charge is 2.80. The van der Waals surface area contributed by atoms with Crippen LogP contribution in [0.25, 0.3) is 0 Å². The van der Waals surface area contributed by atoms with Crippen LogP contribution in [0.3, 0.4) is 0 Å². The molecular weight excluding hydrogens is 326 g/mol. The summed E-state index contributed by atoms with van der Waals surface area (Å²) in [4.78, 5) is 12.4. The predicted molar refractivity (Wildman–Crippen MR) is 101 cm³/mol. The lowest BCUT2D eigenvalue weighted by molar-refractivity contribution is -0.147. The molecule has 0 aliphatic heterocycles. The van der Waals surface area contributed by atoms with E-state index in [1.54, 1.807) is 7.11 Å². The van der Waals surface area contributed by atoms with Crippen LogP contribution in [0.15, 0.2) is 48.5 Å². The predicted octanol–water partition coefficient (Wildman–Crippen LogP) is 4.92. The third kappa shape index (κ3) is 2.83. The van der Waals surface area contributed by atoms with Crippen molar-refractivity contribution in [3.05, 3.63) is 54.1 Å². The SMILES string of the molecule is COc1ccc(Nc2cccc(COC(=O)C3C(C)(C)C34CC4)c2)cc1. The highest BCUT2D eigenvalue weighted by molar-refractivity contribution is 5.80. The van der Waals surface area contributed by atoms with Gasteiger partial charge in [-0.05, 0) is 65.6 Å². The number of anilines is 2. The summed E-state index contributed by atoms with van der Waals surface area (Å²) >= 11 is 0. The summed E-state index contributed by atoms with van der Waals surface area (Å²) in [5, 5.41) is 3.36. The second-order valence-electron chi connectivity index (χ2n) is 7.97. The molecule has 4 rings (SSSR count). The molecule has 1 unspecified atom stereocenters. The van der Waals surface area contributed by atoms with Crippen molar-refractivity contribution in [3.8, 4) is 5.75 Å². The van der Waals surface area contributed by atoms with E-state index in [0.29, 0.717) is 6.61 Å². The molecule has 2 fully saturated rings. The molecule has 136 valence electrons. The molecule has 2 aliphatic rings. The van der Waals surface area contributed by atoms with Crippen LogP contribution in [0.4, 0.5) is 11.4 Å². The third-order valence-corrected chi connectivity index (χ3v) is 6.19. The number of carbonyl (C=O) groups is 1. The van der Waals surface area contributed by atoms with Gasteiger partial charge in [-0.15, -0.1) is 0 Å². The lowest BCUT2D eigenvalue weighted by atomic mass is 10.1. The topological polar surface area (TPSA) is 47.6 Å². The molecule has 0 heterocycles. The minimum Gasteiger partial charge on any atom is -0.497 e. The van der Waals surface area contributed by atoms with E-state index in [1.165, 1.54) is 12.8 Å². The first-order chi connectivity index (χ1) is 12.5. The van der Waals surface area contributed by atoms with Crippen molar-refractivity contribution in [3.63, 3.8) is 0 Å². The van der Waals surface area contributed by atoms with Gasteiger partial charge in [-0.25, -0.2) is 0 Å². The van der Waals surface area contributed by atoms with Gasteiger partial charge in [-0.3, -0.25) is 4.79 Å². The van der Waals surface area contributed by atoms with Crippen LogP contribution in [0.5, 0.6) is 5.75 Å². The smallest absolute Gasteiger partial charge is 0.310 e. The number of hydrogen-bond acceptors (Lipinski definition) is 4. The van der Waals surface area contributed by atoms with Crippen molar-refractivity contribution in [1.82, 2.24) is 0 Å². The fraction of sp³-hybridized carbons (Fsp3) is 0.409. The molecule has 26 heavy (non-hydrogen) atoms. The summed E-state index contributed by atoms with van der Waals surface area (Å²) in [6, 6.07) is 15.7. The van der Waals surface area contributed by atoms with Crippen molar-refractivity contribution < 1.29 is 14.3 Å². The number of rotatable bonds is 6. The van der Waals surface area contributed by atoms with Crippen LogP contribution in [-0.4, -0.2) is 13.1 Å². The van der Waals surface area contributed by atoms with E-state index in [-0.39, 0.29) is 22.7 Å². The van der Waals surface area contributed by atoms with Gasteiger partial charge < -0.3 is 14.8 Å². The summed E-state index contributed by atoms with van der Waals surface area (Å²) in [6.45, 7) is 4.69. The first kappa shape index (κ1) is 17.0. The van der Waals surface area contributed by atoms with Gasteiger partial charge in [0.1, 0.15) is 12.4 Å². The Kier molecular flexibility index (Phi) is 3.94. The van der Waals surface area contributed by atoms with Crippen molar-refractivity contribution >= 4 is 17.3 Å². The molecule has 0 radical (unpaired) electrons. The molecule has 2 saturated carbocycles. The maximum Gasteiger partial charge on any atom is 0.310 e. The normalized spacial score (nSPS) is 21.1. The first-order valence-corrected chi connectivity index (χ1v) is 9.13. The van der Waals surface area contributed by atoms with Gasteiger partial charge >= 0.3 is 5.97 Å². The van der Waals surface area contributed by atoms with E-state index in [4.69, 9.17) is 9.47 Å². The Hall–Kier alpha value is -2.49. The van der Waals surface area contributed by atoms with Gasteiger partial charge in [0.2, 0.25) is 0 Å². The number of benzene rings is 2. The molecule has 0 aromatic heterocycles. The van der Waals surface area contributed by atoms with E-state index in [1.807, 2.05) is 48.5 Å². The monoisotopic (exact) mass is 351 g/mol. The summed E-state index contributed by atoms with van der Waals surface area (Å²) in [6.07, 6.45) is 2.34. The average molecular weight is 351 g/mol. The number of ether oxygens (including phenoxy) is 2. The minimum atomic E-state index is -0.0407. The Morgan fingerprint density at radius 3 is 2.46 bits per heavy atom.